The molecule has 0 radical (unpaired) electrons. The van der Waals surface area contributed by atoms with Crippen molar-refractivity contribution in [3.8, 4) is 11.5 Å². The lowest BCUT2D eigenvalue weighted by atomic mass is 10.1. The number of nitrogens with zero attached hydrogens (tertiary/aromatic N) is 1. The van der Waals surface area contributed by atoms with Crippen molar-refractivity contribution in [2.24, 2.45) is 0 Å². The first kappa shape index (κ1) is 17.7. The van der Waals surface area contributed by atoms with E-state index in [1.54, 1.807) is 25.1 Å². The first-order chi connectivity index (χ1) is 11.5. The molecule has 1 amide bonds. The first-order valence-electron chi connectivity index (χ1n) is 7.46. The van der Waals surface area contributed by atoms with Gasteiger partial charge in [0.1, 0.15) is 17.2 Å². The number of methoxy groups -OCH3 is 2. The summed E-state index contributed by atoms with van der Waals surface area (Å²) >= 11 is 0. The van der Waals surface area contributed by atoms with E-state index < -0.39 is 23.1 Å². The molecule has 0 N–H and O–H groups in total. The second kappa shape index (κ2) is 7.77. The third-order valence-electron chi connectivity index (χ3n) is 3.67. The number of halogens is 2. The van der Waals surface area contributed by atoms with Crippen molar-refractivity contribution in [2.45, 2.75) is 13.5 Å². The van der Waals surface area contributed by atoms with E-state index in [1.807, 2.05) is 0 Å². The number of benzene rings is 2. The summed E-state index contributed by atoms with van der Waals surface area (Å²) in [6, 6.07) is 8.59. The topological polar surface area (TPSA) is 38.8 Å². The van der Waals surface area contributed by atoms with E-state index in [4.69, 9.17) is 9.47 Å². The van der Waals surface area contributed by atoms with Crippen molar-refractivity contribution >= 4 is 5.91 Å². The van der Waals surface area contributed by atoms with Gasteiger partial charge in [0.15, 0.2) is 11.5 Å². The molecule has 0 spiro atoms. The number of carbonyl (C=O) groups excluding carboxylic acids is 1. The van der Waals surface area contributed by atoms with Crippen molar-refractivity contribution < 1.29 is 23.0 Å². The minimum absolute atomic E-state index is 0.198. The van der Waals surface area contributed by atoms with Gasteiger partial charge in [-0.1, -0.05) is 12.1 Å². The van der Waals surface area contributed by atoms with Crippen LogP contribution in [-0.2, 0) is 6.54 Å². The molecule has 128 valence electrons. The van der Waals surface area contributed by atoms with Crippen molar-refractivity contribution in [3.63, 3.8) is 0 Å². The van der Waals surface area contributed by atoms with Crippen LogP contribution in [0.25, 0.3) is 0 Å². The minimum atomic E-state index is -0.870. The maximum absolute atomic E-state index is 13.8. The van der Waals surface area contributed by atoms with Crippen LogP contribution in [0.3, 0.4) is 0 Å². The molecule has 4 nitrogen and oxygen atoms in total. The number of ether oxygens (including phenoxy) is 2. The third kappa shape index (κ3) is 3.64. The minimum Gasteiger partial charge on any atom is -0.493 e. The Morgan fingerprint density at radius 3 is 2.21 bits per heavy atom. The molecule has 0 unspecified atom stereocenters. The molecule has 0 aliphatic heterocycles. The molecule has 6 heteroatoms. The standard InChI is InChI=1S/C18H19F2NO3/c1-4-21(18(22)17-13(19)6-5-7-14(17)20)11-12-8-9-15(23-2)16(10-12)24-3/h5-10H,4,11H2,1-3H3. The lowest BCUT2D eigenvalue weighted by Crippen LogP contribution is -2.31. The van der Waals surface area contributed by atoms with Crippen LogP contribution in [0.4, 0.5) is 8.78 Å². The highest BCUT2D eigenvalue weighted by molar-refractivity contribution is 5.94. The van der Waals surface area contributed by atoms with Crippen LogP contribution in [-0.4, -0.2) is 31.6 Å². The van der Waals surface area contributed by atoms with Gasteiger partial charge in [-0.05, 0) is 36.8 Å². The van der Waals surface area contributed by atoms with Gasteiger partial charge in [0.2, 0.25) is 0 Å². The Balaban J connectivity index is 2.28. The second-order valence-electron chi connectivity index (χ2n) is 5.11. The van der Waals surface area contributed by atoms with E-state index >= 15 is 0 Å². The van der Waals surface area contributed by atoms with Crippen LogP contribution >= 0.6 is 0 Å². The van der Waals surface area contributed by atoms with Crippen LogP contribution in [0.5, 0.6) is 11.5 Å². The Kier molecular flexibility index (Phi) is 5.73. The molecule has 0 heterocycles. The summed E-state index contributed by atoms with van der Waals surface area (Å²) in [7, 11) is 3.04. The van der Waals surface area contributed by atoms with E-state index in [1.165, 1.54) is 25.2 Å². The quantitative estimate of drug-likeness (QED) is 0.809. The molecular formula is C18H19F2NO3. The van der Waals surface area contributed by atoms with E-state index in [9.17, 15) is 13.6 Å². The molecule has 24 heavy (non-hydrogen) atoms. The van der Waals surface area contributed by atoms with E-state index in [-0.39, 0.29) is 6.54 Å². The van der Waals surface area contributed by atoms with Crippen LogP contribution in [0.1, 0.15) is 22.8 Å². The molecule has 0 aromatic heterocycles. The number of carbonyl (C=O) groups is 1. The lowest BCUT2D eigenvalue weighted by Gasteiger charge is -2.22. The number of rotatable bonds is 6. The maximum atomic E-state index is 13.8. The Morgan fingerprint density at radius 1 is 1.04 bits per heavy atom. The average molecular weight is 335 g/mol. The third-order valence-corrected chi connectivity index (χ3v) is 3.67. The zero-order valence-electron chi connectivity index (χ0n) is 13.8. The fourth-order valence-corrected chi connectivity index (χ4v) is 2.39. The lowest BCUT2D eigenvalue weighted by molar-refractivity contribution is 0.0742. The molecule has 0 atom stereocenters. The smallest absolute Gasteiger partial charge is 0.260 e. The molecule has 2 rings (SSSR count). The van der Waals surface area contributed by atoms with Gasteiger partial charge < -0.3 is 14.4 Å². The first-order valence-corrected chi connectivity index (χ1v) is 7.46. The Labute approximate surface area is 139 Å². The van der Waals surface area contributed by atoms with Crippen LogP contribution < -0.4 is 9.47 Å². The van der Waals surface area contributed by atoms with Crippen molar-refractivity contribution in [1.29, 1.82) is 0 Å². The number of amides is 1. The van der Waals surface area contributed by atoms with Gasteiger partial charge in [-0.25, -0.2) is 8.78 Å². The molecule has 0 aliphatic rings. The predicted octanol–water partition coefficient (Wildman–Crippen LogP) is 3.64. The predicted molar refractivity (Wildman–Crippen MR) is 86.3 cm³/mol. The van der Waals surface area contributed by atoms with Gasteiger partial charge in [-0.15, -0.1) is 0 Å². The fourth-order valence-electron chi connectivity index (χ4n) is 2.39. The van der Waals surface area contributed by atoms with Crippen molar-refractivity contribution in [3.05, 3.63) is 59.2 Å². The highest BCUT2D eigenvalue weighted by atomic mass is 19.1. The summed E-state index contributed by atoms with van der Waals surface area (Å²) < 4.78 is 38.1. The Hall–Kier alpha value is -2.63. The normalized spacial score (nSPS) is 10.4. The van der Waals surface area contributed by atoms with Crippen LogP contribution in [0, 0.1) is 11.6 Å². The van der Waals surface area contributed by atoms with Crippen LogP contribution in [0.15, 0.2) is 36.4 Å². The summed E-state index contributed by atoms with van der Waals surface area (Å²) in [5.74, 6) is -1.34. The number of hydrogen-bond donors (Lipinski definition) is 0. The fraction of sp³-hybridized carbons (Fsp3) is 0.278. The van der Waals surface area contributed by atoms with Crippen LogP contribution in [0.2, 0.25) is 0 Å². The number of hydrogen-bond acceptors (Lipinski definition) is 3. The SMILES string of the molecule is CCN(Cc1ccc(OC)c(OC)c1)C(=O)c1c(F)cccc1F. The zero-order valence-corrected chi connectivity index (χ0v) is 13.8. The van der Waals surface area contributed by atoms with E-state index in [0.717, 1.165) is 17.7 Å². The molecule has 0 saturated carbocycles. The molecule has 0 aliphatic carbocycles. The Bertz CT molecular complexity index is 714. The second-order valence-corrected chi connectivity index (χ2v) is 5.11. The van der Waals surface area contributed by atoms with Crippen molar-refractivity contribution in [1.82, 2.24) is 4.90 Å². The molecule has 0 saturated heterocycles. The molecule has 2 aromatic carbocycles. The summed E-state index contributed by atoms with van der Waals surface area (Å²) in [5, 5.41) is 0. The molecule has 0 fully saturated rings. The van der Waals surface area contributed by atoms with Gasteiger partial charge in [0, 0.05) is 13.1 Å². The van der Waals surface area contributed by atoms with Crippen molar-refractivity contribution in [2.75, 3.05) is 20.8 Å². The maximum Gasteiger partial charge on any atom is 0.260 e. The monoisotopic (exact) mass is 335 g/mol. The van der Waals surface area contributed by atoms with Gasteiger partial charge >= 0.3 is 0 Å². The summed E-state index contributed by atoms with van der Waals surface area (Å²) in [4.78, 5) is 13.9. The zero-order chi connectivity index (χ0) is 17.7. The highest BCUT2D eigenvalue weighted by Gasteiger charge is 2.22. The molecule has 2 aromatic rings. The highest BCUT2D eigenvalue weighted by Crippen LogP contribution is 2.28. The largest absolute Gasteiger partial charge is 0.493 e. The average Bonchev–Trinajstić information content (AvgIpc) is 2.59. The van der Waals surface area contributed by atoms with Gasteiger partial charge in [-0.3, -0.25) is 4.79 Å². The van der Waals surface area contributed by atoms with E-state index in [0.29, 0.717) is 18.0 Å². The Morgan fingerprint density at radius 2 is 1.67 bits per heavy atom. The van der Waals surface area contributed by atoms with Gasteiger partial charge in [-0.2, -0.15) is 0 Å². The summed E-state index contributed by atoms with van der Waals surface area (Å²) in [6.45, 7) is 2.25. The molecule has 0 bridgehead atoms. The summed E-state index contributed by atoms with van der Waals surface area (Å²) in [5.41, 5.74) is 0.222. The van der Waals surface area contributed by atoms with Gasteiger partial charge in [0.25, 0.3) is 5.91 Å². The van der Waals surface area contributed by atoms with E-state index in [2.05, 4.69) is 0 Å². The summed E-state index contributed by atoms with van der Waals surface area (Å²) in [6.07, 6.45) is 0. The molecular weight excluding hydrogens is 316 g/mol. The van der Waals surface area contributed by atoms with Gasteiger partial charge in [0.05, 0.1) is 14.2 Å².